The second-order valence-corrected chi connectivity index (χ2v) is 9.03. The van der Waals surface area contributed by atoms with E-state index in [0.717, 1.165) is 41.5 Å². The minimum atomic E-state index is -0.0331. The lowest BCUT2D eigenvalue weighted by Crippen LogP contribution is -2.41. The van der Waals surface area contributed by atoms with Crippen molar-refractivity contribution in [1.29, 1.82) is 0 Å². The molecule has 1 aromatic carbocycles. The molecule has 2 saturated heterocycles. The largest absolute Gasteiger partial charge is 0.374 e. The summed E-state index contributed by atoms with van der Waals surface area (Å²) in [5.41, 5.74) is 6.62. The third-order valence-corrected chi connectivity index (χ3v) is 6.95. The van der Waals surface area contributed by atoms with E-state index in [0.29, 0.717) is 30.4 Å². The van der Waals surface area contributed by atoms with Gasteiger partial charge in [-0.1, -0.05) is 13.0 Å². The van der Waals surface area contributed by atoms with Crippen molar-refractivity contribution in [3.63, 3.8) is 0 Å². The number of likely N-dealkylation sites (tertiary alicyclic amines) is 1. The predicted octanol–water partition coefficient (Wildman–Crippen LogP) is 3.05. The topological polar surface area (TPSA) is 112 Å². The molecule has 174 valence electrons. The highest BCUT2D eigenvalue weighted by molar-refractivity contribution is 5.96. The average Bonchev–Trinajstić information content (AvgIpc) is 3.66. The Balaban J connectivity index is 1.32. The monoisotopic (exact) mass is 457 g/mol. The molecule has 9 heteroatoms. The highest BCUT2D eigenvalue weighted by atomic mass is 16.5. The van der Waals surface area contributed by atoms with Crippen LogP contribution in [0.25, 0.3) is 33.5 Å². The molecule has 2 fully saturated rings. The van der Waals surface area contributed by atoms with Gasteiger partial charge in [-0.3, -0.25) is 14.9 Å². The van der Waals surface area contributed by atoms with E-state index in [2.05, 4.69) is 56.4 Å². The van der Waals surface area contributed by atoms with Gasteiger partial charge in [-0.15, -0.1) is 0 Å². The Hall–Kier alpha value is -3.56. The normalized spacial score (nSPS) is 19.4. The van der Waals surface area contributed by atoms with Gasteiger partial charge in [-0.25, -0.2) is 4.98 Å². The number of pyridine rings is 1. The Morgan fingerprint density at radius 3 is 3.00 bits per heavy atom. The predicted molar refractivity (Wildman–Crippen MR) is 128 cm³/mol. The molecule has 0 spiro atoms. The van der Waals surface area contributed by atoms with E-state index >= 15 is 0 Å². The standard InChI is InChI=1S/C25H27N7O2/c1-3-26-8-16-9-27-10-20(14(16)2)15-4-5-21-19(6-15)23(31-30-21)24-28-11-22(29-24)25(33)32-12-18-7-17(32)13-34-18/h4-6,9-11,17-18,26H,3,7-8,12-13H2,1-2H3,(H,28,29)(H,30,31)/t17-,18+/m1/s1. The lowest BCUT2D eigenvalue weighted by molar-refractivity contribution is 0.0256. The Labute approximate surface area is 196 Å². The molecule has 6 rings (SSSR count). The molecule has 34 heavy (non-hydrogen) atoms. The minimum absolute atomic E-state index is 0.0331. The van der Waals surface area contributed by atoms with Crippen LogP contribution in [0, 0.1) is 6.92 Å². The molecule has 2 aliphatic rings. The number of carbonyl (C=O) groups excluding carboxylic acids is 1. The zero-order valence-electron chi connectivity index (χ0n) is 19.3. The zero-order chi connectivity index (χ0) is 23.2. The van der Waals surface area contributed by atoms with Crippen LogP contribution in [0.5, 0.6) is 0 Å². The number of hydrogen-bond acceptors (Lipinski definition) is 6. The summed E-state index contributed by atoms with van der Waals surface area (Å²) in [6.45, 7) is 7.19. The first-order valence-electron chi connectivity index (χ1n) is 11.7. The quantitative estimate of drug-likeness (QED) is 0.410. The molecule has 3 N–H and O–H groups in total. The van der Waals surface area contributed by atoms with Crippen LogP contribution in [0.4, 0.5) is 0 Å². The molecule has 5 heterocycles. The van der Waals surface area contributed by atoms with Gasteiger partial charge in [-0.05, 0) is 48.7 Å². The van der Waals surface area contributed by atoms with Crippen LogP contribution >= 0.6 is 0 Å². The SMILES string of the molecule is CCNCc1cncc(-c2ccc3[nH]nc(-c4ncc(C(=O)N5C[C@@H]6C[C@@H]5CO6)[nH]4)c3c2)c1C. The van der Waals surface area contributed by atoms with Gasteiger partial charge < -0.3 is 19.9 Å². The third kappa shape index (κ3) is 3.48. The number of nitrogens with zero attached hydrogens (tertiary/aromatic N) is 4. The van der Waals surface area contributed by atoms with E-state index in [9.17, 15) is 4.79 Å². The molecule has 9 nitrogen and oxygen atoms in total. The van der Waals surface area contributed by atoms with E-state index in [1.165, 1.54) is 11.1 Å². The van der Waals surface area contributed by atoms with E-state index in [4.69, 9.17) is 4.74 Å². The van der Waals surface area contributed by atoms with Crippen molar-refractivity contribution in [3.8, 4) is 22.6 Å². The van der Waals surface area contributed by atoms with Gasteiger partial charge in [0, 0.05) is 36.4 Å². The van der Waals surface area contributed by atoms with Gasteiger partial charge in [0.1, 0.15) is 11.4 Å². The number of rotatable bonds is 6. The maximum Gasteiger partial charge on any atom is 0.272 e. The summed E-state index contributed by atoms with van der Waals surface area (Å²) < 4.78 is 5.62. The van der Waals surface area contributed by atoms with Gasteiger partial charge in [0.25, 0.3) is 5.91 Å². The summed E-state index contributed by atoms with van der Waals surface area (Å²) >= 11 is 0. The van der Waals surface area contributed by atoms with Gasteiger partial charge in [0.05, 0.1) is 30.5 Å². The maximum atomic E-state index is 13.0. The Bertz CT molecular complexity index is 1370. The van der Waals surface area contributed by atoms with Crippen molar-refractivity contribution >= 4 is 16.8 Å². The number of amides is 1. The van der Waals surface area contributed by atoms with Crippen LogP contribution in [-0.4, -0.2) is 67.8 Å². The fraction of sp³-hybridized carbons (Fsp3) is 0.360. The molecule has 3 aromatic heterocycles. The van der Waals surface area contributed by atoms with Crippen LogP contribution in [-0.2, 0) is 11.3 Å². The van der Waals surface area contributed by atoms with Crippen molar-refractivity contribution < 1.29 is 9.53 Å². The lowest BCUT2D eigenvalue weighted by atomic mass is 9.98. The summed E-state index contributed by atoms with van der Waals surface area (Å²) in [7, 11) is 0. The molecule has 4 aromatic rings. The minimum Gasteiger partial charge on any atom is -0.374 e. The van der Waals surface area contributed by atoms with Crippen LogP contribution in [0.15, 0.2) is 36.8 Å². The Morgan fingerprint density at radius 2 is 2.21 bits per heavy atom. The summed E-state index contributed by atoms with van der Waals surface area (Å²) in [6, 6.07) is 6.37. The molecule has 2 aliphatic heterocycles. The fourth-order valence-electron chi connectivity index (χ4n) is 5.01. The average molecular weight is 458 g/mol. The van der Waals surface area contributed by atoms with Gasteiger partial charge in [0.2, 0.25) is 0 Å². The smallest absolute Gasteiger partial charge is 0.272 e. The first-order chi connectivity index (χ1) is 16.6. The molecule has 0 aliphatic carbocycles. The van der Waals surface area contributed by atoms with Crippen molar-refractivity contribution in [2.45, 2.75) is 39.0 Å². The zero-order valence-corrected chi connectivity index (χ0v) is 19.3. The van der Waals surface area contributed by atoms with Crippen LogP contribution in [0.3, 0.4) is 0 Å². The number of aromatic nitrogens is 5. The maximum absolute atomic E-state index is 13.0. The number of morpholine rings is 1. The number of imidazole rings is 1. The van der Waals surface area contributed by atoms with Gasteiger partial charge in [-0.2, -0.15) is 5.10 Å². The van der Waals surface area contributed by atoms with Crippen LogP contribution in [0.2, 0.25) is 0 Å². The molecular weight excluding hydrogens is 430 g/mol. The van der Waals surface area contributed by atoms with Gasteiger partial charge in [0.15, 0.2) is 5.82 Å². The number of aromatic amines is 2. The third-order valence-electron chi connectivity index (χ3n) is 6.95. The molecule has 2 bridgehead atoms. The first-order valence-corrected chi connectivity index (χ1v) is 11.7. The number of nitrogens with one attached hydrogen (secondary N) is 3. The number of fused-ring (bicyclic) bond motifs is 3. The van der Waals surface area contributed by atoms with Crippen LogP contribution < -0.4 is 5.32 Å². The molecule has 0 saturated carbocycles. The number of H-pyrrole nitrogens is 2. The van der Waals surface area contributed by atoms with Crippen molar-refractivity contribution in [2.24, 2.45) is 0 Å². The van der Waals surface area contributed by atoms with E-state index in [1.807, 2.05) is 23.4 Å². The summed E-state index contributed by atoms with van der Waals surface area (Å²) in [4.78, 5) is 27.1. The molecule has 1 amide bonds. The van der Waals surface area contributed by atoms with E-state index in [-0.39, 0.29) is 18.1 Å². The fourth-order valence-corrected chi connectivity index (χ4v) is 5.01. The first kappa shape index (κ1) is 21.0. The number of hydrogen-bond donors (Lipinski definition) is 3. The molecule has 2 atom stereocenters. The van der Waals surface area contributed by atoms with Gasteiger partial charge >= 0.3 is 0 Å². The Morgan fingerprint density at radius 1 is 1.29 bits per heavy atom. The number of carbonyl (C=O) groups is 1. The summed E-state index contributed by atoms with van der Waals surface area (Å²) in [6.07, 6.45) is 6.52. The molecule has 0 radical (unpaired) electrons. The second-order valence-electron chi connectivity index (χ2n) is 9.03. The number of ether oxygens (including phenoxy) is 1. The van der Waals surface area contributed by atoms with Crippen LogP contribution in [0.1, 0.15) is 35.0 Å². The summed E-state index contributed by atoms with van der Waals surface area (Å²) in [5.74, 6) is 0.539. The second kappa shape index (κ2) is 8.34. The molecular formula is C25H27N7O2. The van der Waals surface area contributed by atoms with Crippen molar-refractivity contribution in [1.82, 2.24) is 35.4 Å². The molecule has 0 unspecified atom stereocenters. The van der Waals surface area contributed by atoms with E-state index < -0.39 is 0 Å². The highest BCUT2D eigenvalue weighted by Crippen LogP contribution is 2.32. The van der Waals surface area contributed by atoms with E-state index in [1.54, 1.807) is 6.20 Å². The van der Waals surface area contributed by atoms with Crippen molar-refractivity contribution in [3.05, 3.63) is 53.6 Å². The summed E-state index contributed by atoms with van der Waals surface area (Å²) in [5, 5.41) is 11.9. The van der Waals surface area contributed by atoms with Crippen molar-refractivity contribution in [2.75, 3.05) is 19.7 Å². The Kier molecular flexibility index (Phi) is 5.15. The number of benzene rings is 1. The highest BCUT2D eigenvalue weighted by Gasteiger charge is 2.42. The lowest BCUT2D eigenvalue weighted by Gasteiger charge is -2.26.